The van der Waals surface area contributed by atoms with Gasteiger partial charge in [0.05, 0.1) is 23.6 Å². The number of para-hydroxylation sites is 2. The van der Waals surface area contributed by atoms with Gasteiger partial charge >= 0.3 is 0 Å². The van der Waals surface area contributed by atoms with Crippen molar-refractivity contribution in [1.82, 2.24) is 0 Å². The zero-order valence-electron chi connectivity index (χ0n) is 9.56. The maximum Gasteiger partial charge on any atom is 0.250 e. The van der Waals surface area contributed by atoms with E-state index in [0.29, 0.717) is 5.69 Å². The molecular weight excluding hydrogens is 231 g/mol. The van der Waals surface area contributed by atoms with Crippen LogP contribution in [0.25, 0.3) is 0 Å². The van der Waals surface area contributed by atoms with Crippen molar-refractivity contribution in [3.05, 3.63) is 54.3 Å². The largest absolute Gasteiger partial charge is 0.374 e. The predicted octanol–water partition coefficient (Wildman–Crippen LogP) is 2.92. The van der Waals surface area contributed by atoms with Crippen molar-refractivity contribution in [3.8, 4) is 0 Å². The first-order chi connectivity index (χ1) is 8.75. The molecule has 0 unspecified atom stereocenters. The summed E-state index contributed by atoms with van der Waals surface area (Å²) in [5.74, 6) is -0.449. The average Bonchev–Trinajstić information content (AvgIpc) is 2.38. The van der Waals surface area contributed by atoms with E-state index in [-0.39, 0.29) is 18.3 Å². The summed E-state index contributed by atoms with van der Waals surface area (Å²) in [4.78, 5) is 13.5. The lowest BCUT2D eigenvalue weighted by molar-refractivity contribution is -0.116. The minimum Gasteiger partial charge on any atom is -0.374 e. The Balaban J connectivity index is 2.13. The molecule has 0 saturated heterocycles. The fourth-order valence-electron chi connectivity index (χ4n) is 2.10. The minimum absolute atomic E-state index is 0.0979. The van der Waals surface area contributed by atoms with Crippen molar-refractivity contribution in [2.45, 2.75) is 0 Å². The van der Waals surface area contributed by atoms with Gasteiger partial charge < -0.3 is 5.32 Å². The second-order valence-corrected chi connectivity index (χ2v) is 4.08. The van der Waals surface area contributed by atoms with Crippen LogP contribution < -0.4 is 10.2 Å². The van der Waals surface area contributed by atoms with Gasteiger partial charge in [-0.3, -0.25) is 9.69 Å². The fraction of sp³-hybridized carbons (Fsp3) is 0.0714. The average molecular weight is 242 g/mol. The Morgan fingerprint density at radius 1 is 1.11 bits per heavy atom. The molecule has 2 aromatic rings. The number of carbonyl (C=O) groups is 1. The number of fused-ring (bicyclic) bond motifs is 1. The van der Waals surface area contributed by atoms with E-state index in [1.165, 1.54) is 17.0 Å². The molecule has 4 heteroatoms. The molecule has 18 heavy (non-hydrogen) atoms. The van der Waals surface area contributed by atoms with Gasteiger partial charge in [-0.25, -0.2) is 4.39 Å². The highest BCUT2D eigenvalue weighted by Gasteiger charge is 2.24. The van der Waals surface area contributed by atoms with Crippen LogP contribution in [0.4, 0.5) is 21.5 Å². The Morgan fingerprint density at radius 2 is 1.94 bits per heavy atom. The molecule has 1 amide bonds. The van der Waals surface area contributed by atoms with Gasteiger partial charge in [-0.15, -0.1) is 0 Å². The van der Waals surface area contributed by atoms with Crippen LogP contribution >= 0.6 is 0 Å². The van der Waals surface area contributed by atoms with E-state index in [9.17, 15) is 9.18 Å². The molecule has 3 rings (SSSR count). The molecule has 0 fully saturated rings. The van der Waals surface area contributed by atoms with Gasteiger partial charge in [0.2, 0.25) is 0 Å². The molecular formula is C14H11FN2O. The Bertz CT molecular complexity index is 612. The van der Waals surface area contributed by atoms with Crippen LogP contribution in [0.1, 0.15) is 0 Å². The smallest absolute Gasteiger partial charge is 0.250 e. The van der Waals surface area contributed by atoms with E-state index in [1.54, 1.807) is 12.1 Å². The normalized spacial score (nSPS) is 14.1. The molecule has 0 spiro atoms. The number of rotatable bonds is 1. The monoisotopic (exact) mass is 242 g/mol. The van der Waals surface area contributed by atoms with Gasteiger partial charge in [-0.05, 0) is 30.3 Å². The molecule has 1 aliphatic rings. The number of nitrogens with one attached hydrogen (secondary N) is 1. The van der Waals surface area contributed by atoms with Gasteiger partial charge in [0, 0.05) is 0 Å². The molecule has 0 radical (unpaired) electrons. The van der Waals surface area contributed by atoms with Crippen molar-refractivity contribution in [3.63, 3.8) is 0 Å². The zero-order chi connectivity index (χ0) is 12.5. The van der Waals surface area contributed by atoms with Gasteiger partial charge in [0.15, 0.2) is 0 Å². The molecule has 0 atom stereocenters. The first kappa shape index (κ1) is 10.8. The SMILES string of the molecule is O=C1CNc2ccccc2N1c1cccc(F)c1. The molecule has 1 aliphatic heterocycles. The Hall–Kier alpha value is -2.36. The quantitative estimate of drug-likeness (QED) is 0.833. The maximum atomic E-state index is 13.3. The molecule has 1 N–H and O–H groups in total. The summed E-state index contributed by atoms with van der Waals surface area (Å²) in [5.41, 5.74) is 2.18. The summed E-state index contributed by atoms with van der Waals surface area (Å²) in [6.07, 6.45) is 0. The molecule has 0 saturated carbocycles. The number of benzene rings is 2. The number of nitrogens with zero attached hydrogens (tertiary/aromatic N) is 1. The Kier molecular flexibility index (Phi) is 2.48. The highest BCUT2D eigenvalue weighted by Crippen LogP contribution is 2.34. The summed E-state index contributed by atoms with van der Waals surface area (Å²) < 4.78 is 13.3. The van der Waals surface area contributed by atoms with Gasteiger partial charge in [-0.2, -0.15) is 0 Å². The molecule has 2 aromatic carbocycles. The number of hydrogen-bond donors (Lipinski definition) is 1. The number of anilines is 3. The Morgan fingerprint density at radius 3 is 2.78 bits per heavy atom. The topological polar surface area (TPSA) is 32.3 Å². The summed E-state index contributed by atoms with van der Waals surface area (Å²) in [7, 11) is 0. The predicted molar refractivity (Wildman–Crippen MR) is 68.5 cm³/mol. The van der Waals surface area contributed by atoms with Crippen molar-refractivity contribution < 1.29 is 9.18 Å². The molecule has 0 aliphatic carbocycles. The highest BCUT2D eigenvalue weighted by atomic mass is 19.1. The number of halogens is 1. The van der Waals surface area contributed by atoms with Crippen molar-refractivity contribution in [2.24, 2.45) is 0 Å². The van der Waals surface area contributed by atoms with Crippen LogP contribution in [0.3, 0.4) is 0 Å². The molecule has 90 valence electrons. The lowest BCUT2D eigenvalue weighted by atomic mass is 10.1. The van der Waals surface area contributed by atoms with Crippen LogP contribution in [0, 0.1) is 5.82 Å². The molecule has 0 bridgehead atoms. The van der Waals surface area contributed by atoms with Gasteiger partial charge in [0.25, 0.3) is 5.91 Å². The first-order valence-corrected chi connectivity index (χ1v) is 5.67. The molecule has 0 aromatic heterocycles. The number of amides is 1. The fourth-order valence-corrected chi connectivity index (χ4v) is 2.10. The van der Waals surface area contributed by atoms with E-state index < -0.39 is 0 Å². The van der Waals surface area contributed by atoms with Crippen LogP contribution in [0.2, 0.25) is 0 Å². The Labute approximate surface area is 104 Å². The summed E-state index contributed by atoms with van der Waals surface area (Å²) in [5, 5.41) is 3.04. The van der Waals surface area contributed by atoms with E-state index in [1.807, 2.05) is 24.3 Å². The minimum atomic E-state index is -0.351. The zero-order valence-corrected chi connectivity index (χ0v) is 9.56. The van der Waals surface area contributed by atoms with Crippen LogP contribution in [-0.4, -0.2) is 12.5 Å². The number of hydrogen-bond acceptors (Lipinski definition) is 2. The third kappa shape index (κ3) is 1.72. The standard InChI is InChI=1S/C14H11FN2O/c15-10-4-3-5-11(8-10)17-13-7-2-1-6-12(13)16-9-14(17)18/h1-8,16H,9H2. The summed E-state index contributed by atoms with van der Waals surface area (Å²) in [6, 6.07) is 13.5. The number of carbonyl (C=O) groups excluding carboxylic acids is 1. The van der Waals surface area contributed by atoms with Crippen molar-refractivity contribution >= 4 is 23.0 Å². The van der Waals surface area contributed by atoms with Crippen LogP contribution in [-0.2, 0) is 4.79 Å². The highest BCUT2D eigenvalue weighted by molar-refractivity contribution is 6.08. The van der Waals surface area contributed by atoms with Gasteiger partial charge in [-0.1, -0.05) is 18.2 Å². The lowest BCUT2D eigenvalue weighted by Gasteiger charge is -2.30. The third-order valence-corrected chi connectivity index (χ3v) is 2.89. The second-order valence-electron chi connectivity index (χ2n) is 4.08. The maximum absolute atomic E-state index is 13.3. The third-order valence-electron chi connectivity index (χ3n) is 2.89. The second kappa shape index (κ2) is 4.14. The van der Waals surface area contributed by atoms with E-state index >= 15 is 0 Å². The molecule has 3 nitrogen and oxygen atoms in total. The summed E-state index contributed by atoms with van der Waals surface area (Å²) >= 11 is 0. The van der Waals surface area contributed by atoms with Crippen LogP contribution in [0.15, 0.2) is 48.5 Å². The van der Waals surface area contributed by atoms with E-state index in [2.05, 4.69) is 5.32 Å². The lowest BCUT2D eigenvalue weighted by Crippen LogP contribution is -2.36. The molecule has 1 heterocycles. The van der Waals surface area contributed by atoms with E-state index in [0.717, 1.165) is 11.4 Å². The van der Waals surface area contributed by atoms with Gasteiger partial charge in [0.1, 0.15) is 5.82 Å². The summed E-state index contributed by atoms with van der Waals surface area (Å²) in [6.45, 7) is 0.216. The van der Waals surface area contributed by atoms with Crippen LogP contribution in [0.5, 0.6) is 0 Å². The van der Waals surface area contributed by atoms with Crippen molar-refractivity contribution in [1.29, 1.82) is 0 Å². The van der Waals surface area contributed by atoms with E-state index in [4.69, 9.17) is 0 Å². The first-order valence-electron chi connectivity index (χ1n) is 5.67. The van der Waals surface area contributed by atoms with Crippen molar-refractivity contribution in [2.75, 3.05) is 16.8 Å².